The van der Waals surface area contributed by atoms with E-state index in [1.807, 2.05) is 0 Å². The second kappa shape index (κ2) is 12.5. The Bertz CT molecular complexity index is 979. The minimum Gasteiger partial charge on any atom is -0.466 e. The van der Waals surface area contributed by atoms with Gasteiger partial charge in [-0.1, -0.05) is 20.8 Å². The molecule has 2 rings (SSSR count). The van der Waals surface area contributed by atoms with Crippen molar-refractivity contribution in [2.75, 3.05) is 19.7 Å². The van der Waals surface area contributed by atoms with Gasteiger partial charge in [-0.05, 0) is 49.2 Å². The predicted octanol–water partition coefficient (Wildman–Crippen LogP) is 4.54. The number of amides is 1. The van der Waals surface area contributed by atoms with Gasteiger partial charge in [0, 0.05) is 29.6 Å². The van der Waals surface area contributed by atoms with Gasteiger partial charge >= 0.3 is 12.1 Å². The fourth-order valence-corrected chi connectivity index (χ4v) is 5.41. The Labute approximate surface area is 217 Å². The Morgan fingerprint density at radius 3 is 2.27 bits per heavy atom. The number of non-ortho nitro benzene ring substituents is 1. The second-order valence-electron chi connectivity index (χ2n) is 10.7. The van der Waals surface area contributed by atoms with Crippen LogP contribution in [0.5, 0.6) is 0 Å². The average Bonchev–Trinajstić information content (AvgIpc) is 3.19. The second-order valence-corrected chi connectivity index (χ2v) is 15.5. The smallest absolute Gasteiger partial charge is 0.410 e. The van der Waals surface area contributed by atoms with Crippen LogP contribution in [0.1, 0.15) is 46.1 Å². The van der Waals surface area contributed by atoms with Gasteiger partial charge < -0.3 is 18.8 Å². The standard InChI is InChI=1S/C24H37N3O9Si/c1-7-34-22(28)12-18(14-26(30)31)21-13-20(36-37(5,6)24(2,3)4)15-25(21)23(29)35-16-17-8-10-19(11-9-17)27(32)33/h8-11,18,20-21H,7,12-16H2,1-6H3/t18?,20-,21+/m1/s1. The lowest BCUT2D eigenvalue weighted by molar-refractivity contribution is -0.489. The molecular formula is C24H37N3O9Si. The fraction of sp³-hybridized carbons (Fsp3) is 0.667. The molecule has 37 heavy (non-hydrogen) atoms. The van der Waals surface area contributed by atoms with E-state index in [1.165, 1.54) is 29.2 Å². The van der Waals surface area contributed by atoms with Crippen LogP contribution in [0.15, 0.2) is 24.3 Å². The number of ether oxygens (including phenoxy) is 2. The largest absolute Gasteiger partial charge is 0.466 e. The first-order valence-electron chi connectivity index (χ1n) is 12.3. The SMILES string of the molecule is CCOC(=O)CC(C[N+](=O)[O-])[C@@H]1C[C@@H](O[Si](C)(C)C(C)(C)C)CN1C(=O)OCc1ccc([N+](=O)[O-])cc1. The quantitative estimate of drug-likeness (QED) is 0.171. The van der Waals surface area contributed by atoms with E-state index in [4.69, 9.17) is 13.9 Å². The number of benzene rings is 1. The lowest BCUT2D eigenvalue weighted by atomic mass is 9.93. The number of esters is 1. The van der Waals surface area contributed by atoms with Crippen LogP contribution >= 0.6 is 0 Å². The van der Waals surface area contributed by atoms with Crippen molar-refractivity contribution >= 4 is 26.1 Å². The van der Waals surface area contributed by atoms with Crippen LogP contribution in [0.3, 0.4) is 0 Å². The number of nitrogens with zero attached hydrogens (tertiary/aromatic N) is 3. The van der Waals surface area contributed by atoms with Crippen molar-refractivity contribution < 1.29 is 33.3 Å². The Morgan fingerprint density at radius 2 is 1.76 bits per heavy atom. The summed E-state index contributed by atoms with van der Waals surface area (Å²) in [5, 5.41) is 22.2. The summed E-state index contributed by atoms with van der Waals surface area (Å²) in [6.07, 6.45) is -0.939. The minimum absolute atomic E-state index is 0.0816. The first kappa shape index (κ1) is 30.2. The Morgan fingerprint density at radius 1 is 1.14 bits per heavy atom. The molecule has 0 aliphatic carbocycles. The van der Waals surface area contributed by atoms with Crippen molar-refractivity contribution in [3.8, 4) is 0 Å². The van der Waals surface area contributed by atoms with E-state index in [9.17, 15) is 29.8 Å². The van der Waals surface area contributed by atoms with Crippen LogP contribution in [0, 0.1) is 26.1 Å². The van der Waals surface area contributed by atoms with Gasteiger partial charge in [0.25, 0.3) is 5.69 Å². The maximum absolute atomic E-state index is 13.2. The van der Waals surface area contributed by atoms with Gasteiger partial charge in [0.1, 0.15) is 6.61 Å². The van der Waals surface area contributed by atoms with Gasteiger partial charge in [-0.25, -0.2) is 4.79 Å². The average molecular weight is 540 g/mol. The van der Waals surface area contributed by atoms with E-state index in [0.29, 0.717) is 12.0 Å². The highest BCUT2D eigenvalue weighted by molar-refractivity contribution is 6.74. The van der Waals surface area contributed by atoms with Crippen LogP contribution in [0.2, 0.25) is 18.1 Å². The molecule has 1 aliphatic rings. The molecule has 0 spiro atoms. The van der Waals surface area contributed by atoms with Crippen molar-refractivity contribution in [1.29, 1.82) is 0 Å². The molecule has 0 N–H and O–H groups in total. The number of carbonyl (C=O) groups excluding carboxylic acids is 2. The van der Waals surface area contributed by atoms with E-state index in [-0.39, 0.29) is 43.0 Å². The van der Waals surface area contributed by atoms with Gasteiger partial charge in [-0.15, -0.1) is 0 Å². The molecule has 1 saturated heterocycles. The fourth-order valence-electron chi connectivity index (χ4n) is 4.05. The van der Waals surface area contributed by atoms with Crippen molar-refractivity contribution in [2.45, 2.75) is 77.4 Å². The van der Waals surface area contributed by atoms with E-state index >= 15 is 0 Å². The molecule has 0 saturated carbocycles. The zero-order valence-corrected chi connectivity index (χ0v) is 23.3. The summed E-state index contributed by atoms with van der Waals surface area (Å²) < 4.78 is 17.0. The van der Waals surface area contributed by atoms with Crippen LogP contribution < -0.4 is 0 Å². The molecule has 3 atom stereocenters. The monoisotopic (exact) mass is 539 g/mol. The van der Waals surface area contributed by atoms with Gasteiger partial charge in [-0.3, -0.25) is 25.0 Å². The number of nitro benzene ring substituents is 1. The van der Waals surface area contributed by atoms with Gasteiger partial charge in [0.2, 0.25) is 6.54 Å². The highest BCUT2D eigenvalue weighted by atomic mass is 28.4. The van der Waals surface area contributed by atoms with Crippen molar-refractivity contribution in [3.05, 3.63) is 50.1 Å². The number of hydrogen-bond acceptors (Lipinski definition) is 9. The zero-order valence-electron chi connectivity index (χ0n) is 22.3. The molecule has 12 nitrogen and oxygen atoms in total. The summed E-state index contributed by atoms with van der Waals surface area (Å²) in [6.45, 7) is 11.8. The lowest BCUT2D eigenvalue weighted by Gasteiger charge is -2.38. The highest BCUT2D eigenvalue weighted by Gasteiger charge is 2.47. The van der Waals surface area contributed by atoms with Crippen molar-refractivity contribution in [1.82, 2.24) is 4.90 Å². The van der Waals surface area contributed by atoms with E-state index in [1.54, 1.807) is 6.92 Å². The number of likely N-dealkylation sites (tertiary alicyclic amines) is 1. The van der Waals surface area contributed by atoms with E-state index in [0.717, 1.165) is 0 Å². The summed E-state index contributed by atoms with van der Waals surface area (Å²) in [7, 11) is -2.22. The molecule has 206 valence electrons. The van der Waals surface area contributed by atoms with Gasteiger partial charge in [0.05, 0.1) is 30.0 Å². The molecule has 13 heteroatoms. The molecule has 1 aromatic rings. The van der Waals surface area contributed by atoms with Crippen molar-refractivity contribution in [2.24, 2.45) is 5.92 Å². The Balaban J connectivity index is 2.25. The Kier molecular flexibility index (Phi) is 10.2. The molecule has 1 fully saturated rings. The maximum atomic E-state index is 13.2. The molecule has 0 bridgehead atoms. The topological polar surface area (TPSA) is 151 Å². The van der Waals surface area contributed by atoms with Crippen molar-refractivity contribution in [3.63, 3.8) is 0 Å². The maximum Gasteiger partial charge on any atom is 0.410 e. The molecule has 1 amide bonds. The zero-order chi connectivity index (χ0) is 28.0. The third-order valence-corrected chi connectivity index (χ3v) is 11.5. The molecule has 1 aromatic carbocycles. The third kappa shape index (κ3) is 8.49. The summed E-state index contributed by atoms with van der Waals surface area (Å²) >= 11 is 0. The van der Waals surface area contributed by atoms with E-state index in [2.05, 4.69) is 33.9 Å². The molecule has 0 radical (unpaired) electrons. The van der Waals surface area contributed by atoms with Crippen LogP contribution in [-0.4, -0.2) is 67.0 Å². The van der Waals surface area contributed by atoms with E-state index < -0.39 is 48.7 Å². The van der Waals surface area contributed by atoms with Crippen LogP contribution in [-0.2, 0) is 25.3 Å². The Hall–Kier alpha value is -3.06. The molecule has 1 aliphatic heterocycles. The summed E-state index contributed by atoms with van der Waals surface area (Å²) in [5.74, 6) is -1.35. The molecular weight excluding hydrogens is 502 g/mol. The highest BCUT2D eigenvalue weighted by Crippen LogP contribution is 2.40. The first-order valence-corrected chi connectivity index (χ1v) is 15.2. The number of nitro groups is 2. The number of rotatable bonds is 11. The molecule has 1 heterocycles. The van der Waals surface area contributed by atoms with Crippen LogP contribution in [0.25, 0.3) is 0 Å². The number of hydrogen-bond donors (Lipinski definition) is 0. The normalized spacial score (nSPS) is 18.8. The first-order chi connectivity index (χ1) is 17.1. The van der Waals surface area contributed by atoms with Gasteiger partial charge in [-0.2, -0.15) is 0 Å². The summed E-state index contributed by atoms with van der Waals surface area (Å²) in [4.78, 5) is 48.1. The lowest BCUT2D eigenvalue weighted by Crippen LogP contribution is -2.45. The van der Waals surface area contributed by atoms with Gasteiger partial charge in [0.15, 0.2) is 8.32 Å². The molecule has 0 aromatic heterocycles. The van der Waals surface area contributed by atoms with Crippen LogP contribution in [0.4, 0.5) is 10.5 Å². The minimum atomic E-state index is -2.22. The summed E-state index contributed by atoms with van der Waals surface area (Å²) in [5.41, 5.74) is 0.471. The summed E-state index contributed by atoms with van der Waals surface area (Å²) in [6, 6.07) is 4.96. The third-order valence-electron chi connectivity index (χ3n) is 6.98. The molecule has 1 unspecified atom stereocenters. The predicted molar refractivity (Wildman–Crippen MR) is 137 cm³/mol. The number of carbonyl (C=O) groups is 2.